The molecule has 3 aliphatic rings. The lowest BCUT2D eigenvalue weighted by Gasteiger charge is -2.36. The molecule has 3 fully saturated rings. The highest BCUT2D eigenvalue weighted by Crippen LogP contribution is 2.45. The lowest BCUT2D eigenvalue weighted by molar-refractivity contribution is 0.156. The van der Waals surface area contributed by atoms with Crippen molar-refractivity contribution >= 4 is 10.2 Å². The molecule has 1 saturated carbocycles. The van der Waals surface area contributed by atoms with Crippen molar-refractivity contribution in [1.29, 1.82) is 0 Å². The van der Waals surface area contributed by atoms with Crippen molar-refractivity contribution in [2.45, 2.75) is 44.2 Å². The molecule has 4 rings (SSSR count). The normalized spacial score (nSPS) is 30.0. The van der Waals surface area contributed by atoms with Crippen LogP contribution < -0.4 is 9.47 Å². The minimum Gasteiger partial charge on any atom is -0.497 e. The molecule has 0 unspecified atom stereocenters. The third-order valence-electron chi connectivity index (χ3n) is 5.81. The number of piperidine rings is 1. The van der Waals surface area contributed by atoms with Crippen molar-refractivity contribution in [1.82, 2.24) is 8.61 Å². The van der Waals surface area contributed by atoms with E-state index in [1.807, 2.05) is 24.3 Å². The molecule has 0 aromatic heterocycles. The number of rotatable bonds is 6. The summed E-state index contributed by atoms with van der Waals surface area (Å²) in [6, 6.07) is 7.55. The molecule has 1 aromatic carbocycles. The third-order valence-corrected chi connectivity index (χ3v) is 7.93. The van der Waals surface area contributed by atoms with Crippen LogP contribution in [0.1, 0.15) is 32.1 Å². The van der Waals surface area contributed by atoms with Gasteiger partial charge in [-0.15, -0.1) is 0 Å². The summed E-state index contributed by atoms with van der Waals surface area (Å²) in [5.74, 6) is 1.95. The van der Waals surface area contributed by atoms with E-state index in [9.17, 15) is 8.42 Å². The molecule has 2 aliphatic heterocycles. The topological polar surface area (TPSA) is 59.1 Å². The lowest BCUT2D eigenvalue weighted by Crippen LogP contribution is -2.52. The van der Waals surface area contributed by atoms with E-state index in [1.165, 1.54) is 0 Å². The molecule has 2 saturated heterocycles. The maximum Gasteiger partial charge on any atom is 0.282 e. The van der Waals surface area contributed by atoms with Crippen LogP contribution in [0.5, 0.6) is 11.5 Å². The third kappa shape index (κ3) is 3.13. The van der Waals surface area contributed by atoms with Crippen LogP contribution in [0.3, 0.4) is 0 Å². The van der Waals surface area contributed by atoms with E-state index in [0.717, 1.165) is 43.6 Å². The van der Waals surface area contributed by atoms with Gasteiger partial charge in [0.25, 0.3) is 10.2 Å². The van der Waals surface area contributed by atoms with Gasteiger partial charge in [0.05, 0.1) is 13.2 Å². The summed E-state index contributed by atoms with van der Waals surface area (Å²) in [4.78, 5) is 0. The zero-order chi connectivity index (χ0) is 17.4. The number of hydrogen-bond donors (Lipinski definition) is 0. The quantitative estimate of drug-likeness (QED) is 0.775. The van der Waals surface area contributed by atoms with Gasteiger partial charge in [-0.05, 0) is 62.3 Å². The monoisotopic (exact) mass is 366 g/mol. The Bertz CT molecular complexity index is 700. The maximum atomic E-state index is 13.1. The number of nitrogens with zero attached hydrogens (tertiary/aromatic N) is 2. The maximum absolute atomic E-state index is 13.1. The Hall–Kier alpha value is -1.31. The van der Waals surface area contributed by atoms with Crippen LogP contribution in [0.2, 0.25) is 0 Å². The van der Waals surface area contributed by atoms with E-state index < -0.39 is 10.2 Å². The van der Waals surface area contributed by atoms with Gasteiger partial charge in [0, 0.05) is 19.1 Å². The van der Waals surface area contributed by atoms with Crippen molar-refractivity contribution in [3.05, 3.63) is 24.3 Å². The van der Waals surface area contributed by atoms with Crippen LogP contribution in [0.25, 0.3) is 0 Å². The van der Waals surface area contributed by atoms with Crippen molar-refractivity contribution in [2.75, 3.05) is 26.8 Å². The fourth-order valence-electron chi connectivity index (χ4n) is 4.53. The van der Waals surface area contributed by atoms with Crippen molar-refractivity contribution in [3.8, 4) is 11.5 Å². The van der Waals surface area contributed by atoms with Gasteiger partial charge in [0.2, 0.25) is 0 Å². The molecule has 6 nitrogen and oxygen atoms in total. The average Bonchev–Trinajstić information content (AvgIpc) is 3.36. The molecule has 7 heteroatoms. The summed E-state index contributed by atoms with van der Waals surface area (Å²) in [5.41, 5.74) is 0. The summed E-state index contributed by atoms with van der Waals surface area (Å²) in [7, 11) is -1.74. The highest BCUT2D eigenvalue weighted by Gasteiger charge is 2.53. The number of methoxy groups -OCH3 is 1. The minimum absolute atomic E-state index is 0.0496. The summed E-state index contributed by atoms with van der Waals surface area (Å²) in [6.07, 6.45) is 5.00. The van der Waals surface area contributed by atoms with E-state index in [0.29, 0.717) is 25.6 Å². The van der Waals surface area contributed by atoms with Gasteiger partial charge in [-0.2, -0.15) is 17.0 Å². The predicted molar refractivity (Wildman–Crippen MR) is 95.0 cm³/mol. The molecule has 0 radical (unpaired) electrons. The molecule has 0 N–H and O–H groups in total. The fourth-order valence-corrected chi connectivity index (χ4v) is 6.66. The first kappa shape index (κ1) is 17.1. The van der Waals surface area contributed by atoms with E-state index in [-0.39, 0.29) is 12.1 Å². The van der Waals surface area contributed by atoms with Gasteiger partial charge >= 0.3 is 0 Å². The van der Waals surface area contributed by atoms with Crippen LogP contribution in [-0.4, -0.2) is 55.9 Å². The van der Waals surface area contributed by atoms with Crippen LogP contribution >= 0.6 is 0 Å². The molecule has 2 bridgehead atoms. The van der Waals surface area contributed by atoms with Gasteiger partial charge in [-0.3, -0.25) is 0 Å². The molecule has 2 heterocycles. The van der Waals surface area contributed by atoms with Gasteiger partial charge in [-0.25, -0.2) is 0 Å². The molecule has 1 aliphatic carbocycles. The van der Waals surface area contributed by atoms with Gasteiger partial charge < -0.3 is 9.47 Å². The van der Waals surface area contributed by atoms with Crippen molar-refractivity contribution in [2.24, 2.45) is 5.92 Å². The second-order valence-electron chi connectivity index (χ2n) is 7.22. The average molecular weight is 366 g/mol. The van der Waals surface area contributed by atoms with Gasteiger partial charge in [-0.1, -0.05) is 0 Å². The highest BCUT2D eigenvalue weighted by molar-refractivity contribution is 7.86. The van der Waals surface area contributed by atoms with Crippen LogP contribution in [0, 0.1) is 5.92 Å². The van der Waals surface area contributed by atoms with E-state index >= 15 is 0 Å². The van der Waals surface area contributed by atoms with Crippen molar-refractivity contribution < 1.29 is 17.9 Å². The van der Waals surface area contributed by atoms with Gasteiger partial charge in [0.15, 0.2) is 0 Å². The van der Waals surface area contributed by atoms with E-state index in [2.05, 4.69) is 0 Å². The predicted octanol–water partition coefficient (Wildman–Crippen LogP) is 2.27. The fraction of sp³-hybridized carbons (Fsp3) is 0.667. The zero-order valence-corrected chi connectivity index (χ0v) is 15.5. The van der Waals surface area contributed by atoms with Crippen LogP contribution in [-0.2, 0) is 10.2 Å². The first-order valence-corrected chi connectivity index (χ1v) is 10.5. The Morgan fingerprint density at radius 2 is 1.76 bits per heavy atom. The molecular formula is C18H26N2O4S. The largest absolute Gasteiger partial charge is 0.497 e. The SMILES string of the molecule is COc1ccc(OC[C@H]2[C@@H]3CC[C@@H](C3)N2S(=O)(=O)N2CCCC2)cc1. The Labute approximate surface area is 149 Å². The summed E-state index contributed by atoms with van der Waals surface area (Å²) in [6.45, 7) is 1.73. The van der Waals surface area contributed by atoms with Crippen LogP contribution in [0.4, 0.5) is 0 Å². The van der Waals surface area contributed by atoms with E-state index in [4.69, 9.17) is 9.47 Å². The van der Waals surface area contributed by atoms with E-state index in [1.54, 1.807) is 15.7 Å². The summed E-state index contributed by atoms with van der Waals surface area (Å²) in [5, 5.41) is 0. The first-order chi connectivity index (χ1) is 12.1. The number of ether oxygens (including phenoxy) is 2. The second kappa shape index (κ2) is 6.78. The van der Waals surface area contributed by atoms with Crippen LogP contribution in [0.15, 0.2) is 24.3 Å². The zero-order valence-electron chi connectivity index (χ0n) is 14.6. The standard InChI is InChI=1S/C18H26N2O4S/c1-23-16-6-8-17(9-7-16)24-13-18-14-4-5-15(12-14)20(18)25(21,22)19-10-2-3-11-19/h6-9,14-15,18H,2-5,10-13H2,1H3/t14-,15+,18+/m1/s1. The number of benzene rings is 1. The minimum atomic E-state index is -3.37. The number of hydrogen-bond acceptors (Lipinski definition) is 4. The molecule has 3 atom stereocenters. The van der Waals surface area contributed by atoms with Gasteiger partial charge in [0.1, 0.15) is 18.1 Å². The Morgan fingerprint density at radius 1 is 1.08 bits per heavy atom. The summed E-state index contributed by atoms with van der Waals surface area (Å²) >= 11 is 0. The summed E-state index contributed by atoms with van der Waals surface area (Å²) < 4.78 is 40.8. The highest BCUT2D eigenvalue weighted by atomic mass is 32.2. The molecule has 1 aromatic rings. The number of fused-ring (bicyclic) bond motifs is 2. The first-order valence-electron chi connectivity index (χ1n) is 9.15. The second-order valence-corrected chi connectivity index (χ2v) is 9.06. The lowest BCUT2D eigenvalue weighted by atomic mass is 10.0. The Morgan fingerprint density at radius 3 is 2.44 bits per heavy atom. The Balaban J connectivity index is 1.48. The van der Waals surface area contributed by atoms with Crippen molar-refractivity contribution in [3.63, 3.8) is 0 Å². The molecule has 138 valence electrons. The smallest absolute Gasteiger partial charge is 0.282 e. The molecule has 0 amide bonds. The molecule has 0 spiro atoms. The Kier molecular flexibility index (Phi) is 4.64. The molecule has 25 heavy (non-hydrogen) atoms. The molecular weight excluding hydrogens is 340 g/mol.